The van der Waals surface area contributed by atoms with Gasteiger partial charge < -0.3 is 4.98 Å². The van der Waals surface area contributed by atoms with Gasteiger partial charge in [0.2, 0.25) is 5.78 Å². The number of ketones is 1. The van der Waals surface area contributed by atoms with Gasteiger partial charge in [0.25, 0.3) is 0 Å². The van der Waals surface area contributed by atoms with Crippen LogP contribution in [0.5, 0.6) is 0 Å². The Balaban J connectivity index is 1.83. The third-order valence-electron chi connectivity index (χ3n) is 3.20. The minimum atomic E-state index is -0.302. The first-order valence-electron chi connectivity index (χ1n) is 6.79. The summed E-state index contributed by atoms with van der Waals surface area (Å²) < 4.78 is 13.7. The highest BCUT2D eigenvalue weighted by molar-refractivity contribution is 6.09. The number of carbonyl (C=O) groups excluding carboxylic acids is 1. The lowest BCUT2D eigenvalue weighted by atomic mass is 10.1. The van der Waals surface area contributed by atoms with E-state index in [1.54, 1.807) is 54.6 Å². The second kappa shape index (κ2) is 6.11. The number of rotatable bonds is 2. The maximum atomic E-state index is 13.7. The van der Waals surface area contributed by atoms with Crippen molar-refractivity contribution in [3.63, 3.8) is 0 Å². The molecule has 0 bridgehead atoms. The average Bonchev–Trinajstić information content (AvgIpc) is 3.02. The molecule has 3 rings (SSSR count). The predicted molar refractivity (Wildman–Crippen MR) is 83.8 cm³/mol. The summed E-state index contributed by atoms with van der Waals surface area (Å²) in [5, 5.41) is 0. The molecule has 0 amide bonds. The highest BCUT2D eigenvalue weighted by atomic mass is 19.1. The molecule has 106 valence electrons. The lowest BCUT2D eigenvalue weighted by molar-refractivity contribution is 0.105. The van der Waals surface area contributed by atoms with E-state index in [0.29, 0.717) is 22.5 Å². The van der Waals surface area contributed by atoms with E-state index in [0.717, 1.165) is 0 Å². The highest BCUT2D eigenvalue weighted by Gasteiger charge is 2.05. The number of aromatic nitrogens is 1. The molecule has 2 nitrogen and oxygen atoms in total. The zero-order valence-electron chi connectivity index (χ0n) is 11.6. The monoisotopic (exact) mass is 289 g/mol. The summed E-state index contributed by atoms with van der Waals surface area (Å²) in [4.78, 5) is 14.9. The van der Waals surface area contributed by atoms with E-state index in [-0.39, 0.29) is 11.6 Å². The van der Waals surface area contributed by atoms with Gasteiger partial charge in [-0.25, -0.2) is 4.39 Å². The van der Waals surface area contributed by atoms with E-state index in [1.165, 1.54) is 6.07 Å². The van der Waals surface area contributed by atoms with Crippen LogP contribution in [0.3, 0.4) is 0 Å². The van der Waals surface area contributed by atoms with E-state index in [4.69, 9.17) is 0 Å². The number of benzene rings is 2. The molecule has 0 spiro atoms. The van der Waals surface area contributed by atoms with Gasteiger partial charge in [-0.1, -0.05) is 42.5 Å². The maximum absolute atomic E-state index is 13.7. The third-order valence-corrected chi connectivity index (χ3v) is 3.20. The number of hydrogen-bond donors (Lipinski definition) is 1. The smallest absolute Gasteiger partial charge is 0.236 e. The van der Waals surface area contributed by atoms with Gasteiger partial charge in [0.1, 0.15) is 5.82 Å². The van der Waals surface area contributed by atoms with Crippen LogP contribution < -0.4 is 0 Å². The topological polar surface area (TPSA) is 32.9 Å². The van der Waals surface area contributed by atoms with Gasteiger partial charge in [-0.2, -0.15) is 0 Å². The summed E-state index contributed by atoms with van der Waals surface area (Å²) in [6.07, 6.45) is 0. The summed E-state index contributed by atoms with van der Waals surface area (Å²) in [6.45, 7) is 0. The molecule has 0 radical (unpaired) electrons. The second-order valence-corrected chi connectivity index (χ2v) is 4.71. The van der Waals surface area contributed by atoms with Gasteiger partial charge >= 0.3 is 0 Å². The van der Waals surface area contributed by atoms with Gasteiger partial charge in [0.05, 0.1) is 5.69 Å². The Hall–Kier alpha value is -3.12. The Morgan fingerprint density at radius 2 is 1.64 bits per heavy atom. The average molecular weight is 289 g/mol. The quantitative estimate of drug-likeness (QED) is 0.560. The number of nitrogens with one attached hydrogen (secondary N) is 1. The van der Waals surface area contributed by atoms with Crippen molar-refractivity contribution in [2.75, 3.05) is 0 Å². The summed E-state index contributed by atoms with van der Waals surface area (Å²) in [7, 11) is 0. The number of carbonyl (C=O) groups is 1. The number of H-pyrrole nitrogens is 1. The van der Waals surface area contributed by atoms with Gasteiger partial charge in [0.15, 0.2) is 0 Å². The third kappa shape index (κ3) is 2.97. The second-order valence-electron chi connectivity index (χ2n) is 4.71. The molecule has 1 heterocycles. The first-order chi connectivity index (χ1) is 10.7. The Kier molecular flexibility index (Phi) is 3.84. The van der Waals surface area contributed by atoms with E-state index >= 15 is 0 Å². The Morgan fingerprint density at radius 1 is 0.909 bits per heavy atom. The molecule has 0 aliphatic rings. The number of halogens is 1. The summed E-state index contributed by atoms with van der Waals surface area (Å²) >= 11 is 0. The van der Waals surface area contributed by atoms with Crippen molar-refractivity contribution in [1.82, 2.24) is 4.98 Å². The largest absolute Gasteiger partial charge is 0.348 e. The van der Waals surface area contributed by atoms with Crippen LogP contribution in [-0.2, 0) is 0 Å². The molecular formula is C19H12FNO. The van der Waals surface area contributed by atoms with Crippen LogP contribution in [0, 0.1) is 17.7 Å². The number of Topliss-reactive ketones (excluding diaryl/α,β-unsaturated/α-hetero) is 1. The molecule has 3 aromatic rings. The van der Waals surface area contributed by atoms with E-state index < -0.39 is 0 Å². The van der Waals surface area contributed by atoms with Gasteiger partial charge in [0, 0.05) is 16.8 Å². The molecule has 2 aromatic carbocycles. The van der Waals surface area contributed by atoms with Crippen LogP contribution in [0.2, 0.25) is 0 Å². The first kappa shape index (κ1) is 13.8. The molecule has 0 fully saturated rings. The Bertz CT molecular complexity index is 869. The van der Waals surface area contributed by atoms with E-state index in [1.807, 2.05) is 6.07 Å². The lowest BCUT2D eigenvalue weighted by Crippen LogP contribution is -1.93. The molecule has 0 atom stereocenters. The van der Waals surface area contributed by atoms with Crippen molar-refractivity contribution >= 4 is 5.78 Å². The molecular weight excluding hydrogens is 277 g/mol. The predicted octanol–water partition coefficient (Wildman–Crippen LogP) is 4.06. The zero-order chi connectivity index (χ0) is 15.4. The van der Waals surface area contributed by atoms with Crippen LogP contribution in [0.4, 0.5) is 4.39 Å². The Labute approximate surface area is 127 Å². The summed E-state index contributed by atoms with van der Waals surface area (Å²) in [5.41, 5.74) is 2.23. The summed E-state index contributed by atoms with van der Waals surface area (Å²) in [5.74, 6) is 4.81. The molecule has 1 aromatic heterocycles. The van der Waals surface area contributed by atoms with Gasteiger partial charge in [-0.05, 0) is 36.1 Å². The van der Waals surface area contributed by atoms with Crippen LogP contribution in [-0.4, -0.2) is 10.8 Å². The molecule has 0 unspecified atom stereocenters. The normalized spacial score (nSPS) is 9.86. The van der Waals surface area contributed by atoms with Crippen molar-refractivity contribution in [2.45, 2.75) is 0 Å². The molecule has 3 heteroatoms. The number of aromatic amines is 1. The molecule has 0 saturated heterocycles. The zero-order valence-corrected chi connectivity index (χ0v) is 11.6. The fourth-order valence-electron chi connectivity index (χ4n) is 2.09. The summed E-state index contributed by atoms with van der Waals surface area (Å²) in [6, 6.07) is 18.8. The Morgan fingerprint density at radius 3 is 2.41 bits per heavy atom. The van der Waals surface area contributed by atoms with Crippen LogP contribution in [0.1, 0.15) is 16.1 Å². The molecule has 0 aliphatic heterocycles. The van der Waals surface area contributed by atoms with Crippen LogP contribution >= 0.6 is 0 Å². The maximum Gasteiger partial charge on any atom is 0.236 e. The fourth-order valence-corrected chi connectivity index (χ4v) is 2.09. The lowest BCUT2D eigenvalue weighted by Gasteiger charge is -1.98. The first-order valence-corrected chi connectivity index (χ1v) is 6.79. The molecule has 0 saturated carbocycles. The molecule has 22 heavy (non-hydrogen) atoms. The van der Waals surface area contributed by atoms with Crippen molar-refractivity contribution in [2.24, 2.45) is 0 Å². The SMILES string of the molecule is O=C(C#Cc1ccc(-c2ccccc2F)[nH]1)c1ccccc1. The fraction of sp³-hybridized carbons (Fsp3) is 0. The van der Waals surface area contributed by atoms with Crippen molar-refractivity contribution in [3.05, 3.63) is 83.8 Å². The van der Waals surface area contributed by atoms with Crippen molar-refractivity contribution < 1.29 is 9.18 Å². The van der Waals surface area contributed by atoms with Gasteiger partial charge in [-0.3, -0.25) is 4.79 Å². The number of hydrogen-bond acceptors (Lipinski definition) is 1. The van der Waals surface area contributed by atoms with E-state index in [9.17, 15) is 9.18 Å². The molecule has 1 N–H and O–H groups in total. The standard InChI is InChI=1S/C19H12FNO/c20-17-9-5-4-8-16(17)18-12-10-15(21-18)11-13-19(22)14-6-2-1-3-7-14/h1-10,12,21H. The highest BCUT2D eigenvalue weighted by Crippen LogP contribution is 2.21. The van der Waals surface area contributed by atoms with Crippen LogP contribution in [0.15, 0.2) is 66.7 Å². The minimum Gasteiger partial charge on any atom is -0.348 e. The van der Waals surface area contributed by atoms with Gasteiger partial charge in [-0.15, -0.1) is 0 Å². The molecule has 0 aliphatic carbocycles. The van der Waals surface area contributed by atoms with Crippen molar-refractivity contribution in [1.29, 1.82) is 0 Å². The van der Waals surface area contributed by atoms with Crippen LogP contribution in [0.25, 0.3) is 11.3 Å². The van der Waals surface area contributed by atoms with Crippen molar-refractivity contribution in [3.8, 4) is 23.1 Å². The van der Waals surface area contributed by atoms with E-state index in [2.05, 4.69) is 16.8 Å². The minimum absolute atomic E-state index is 0.248.